The number of fused-ring (bicyclic) bond motifs is 1. The second-order valence-corrected chi connectivity index (χ2v) is 7.44. The number of benzene rings is 1. The first-order valence-electron chi connectivity index (χ1n) is 8.24. The highest BCUT2D eigenvalue weighted by molar-refractivity contribution is 9.10. The van der Waals surface area contributed by atoms with Gasteiger partial charge in [-0.2, -0.15) is 0 Å². The molecule has 2 aromatic rings. The first kappa shape index (κ1) is 16.5. The molecule has 0 aliphatic carbocycles. The van der Waals surface area contributed by atoms with Gasteiger partial charge in [-0.05, 0) is 57.0 Å². The van der Waals surface area contributed by atoms with Crippen molar-refractivity contribution in [2.45, 2.75) is 26.7 Å². The summed E-state index contributed by atoms with van der Waals surface area (Å²) in [4.78, 5) is 14.9. The summed E-state index contributed by atoms with van der Waals surface area (Å²) in [5.41, 5.74) is 1.65. The predicted molar refractivity (Wildman–Crippen MR) is 95.8 cm³/mol. The van der Waals surface area contributed by atoms with E-state index in [2.05, 4.69) is 33.1 Å². The minimum absolute atomic E-state index is 0.122. The maximum absolute atomic E-state index is 12.4. The number of amides is 1. The standard InChI is InChI=1S/C18H23BrN2O2/c1-12(11-21-7-3-4-8-21)10-20-18(22)17-13(2)15-9-14(19)5-6-16(15)23-17/h5-6,9,12H,3-4,7-8,10-11H2,1-2H3,(H,20,22). The van der Waals surface area contributed by atoms with Crippen LogP contribution in [0.15, 0.2) is 27.1 Å². The fourth-order valence-electron chi connectivity index (χ4n) is 3.23. The molecule has 1 N–H and O–H groups in total. The van der Waals surface area contributed by atoms with Crippen molar-refractivity contribution < 1.29 is 9.21 Å². The Morgan fingerprint density at radius 1 is 1.39 bits per heavy atom. The number of hydrogen-bond acceptors (Lipinski definition) is 3. The molecule has 23 heavy (non-hydrogen) atoms. The molecule has 1 fully saturated rings. The largest absolute Gasteiger partial charge is 0.451 e. The van der Waals surface area contributed by atoms with Crippen LogP contribution in [0, 0.1) is 12.8 Å². The van der Waals surface area contributed by atoms with Crippen molar-refractivity contribution in [3.05, 3.63) is 34.0 Å². The van der Waals surface area contributed by atoms with Crippen LogP contribution in [-0.4, -0.2) is 37.0 Å². The molecule has 0 bridgehead atoms. The van der Waals surface area contributed by atoms with Gasteiger partial charge in [-0.3, -0.25) is 4.79 Å². The quantitative estimate of drug-likeness (QED) is 0.855. The minimum atomic E-state index is -0.122. The SMILES string of the molecule is Cc1c(C(=O)NCC(C)CN2CCCC2)oc2ccc(Br)cc12. The van der Waals surface area contributed by atoms with Gasteiger partial charge in [-0.1, -0.05) is 22.9 Å². The summed E-state index contributed by atoms with van der Waals surface area (Å²) < 4.78 is 6.72. The number of carbonyl (C=O) groups is 1. The van der Waals surface area contributed by atoms with Crippen molar-refractivity contribution >= 4 is 32.8 Å². The van der Waals surface area contributed by atoms with Gasteiger partial charge in [0.1, 0.15) is 5.58 Å². The van der Waals surface area contributed by atoms with E-state index in [0.29, 0.717) is 18.2 Å². The van der Waals surface area contributed by atoms with Crippen LogP contribution in [0.2, 0.25) is 0 Å². The highest BCUT2D eigenvalue weighted by Gasteiger charge is 2.19. The number of halogens is 1. The Morgan fingerprint density at radius 2 is 2.13 bits per heavy atom. The number of carbonyl (C=O) groups excluding carboxylic acids is 1. The van der Waals surface area contributed by atoms with Crippen LogP contribution < -0.4 is 5.32 Å². The lowest BCUT2D eigenvalue weighted by Gasteiger charge is -2.20. The van der Waals surface area contributed by atoms with Crippen LogP contribution in [-0.2, 0) is 0 Å². The number of aryl methyl sites for hydroxylation is 1. The molecule has 0 radical (unpaired) electrons. The summed E-state index contributed by atoms with van der Waals surface area (Å²) in [7, 11) is 0. The lowest BCUT2D eigenvalue weighted by molar-refractivity contribution is 0.0918. The smallest absolute Gasteiger partial charge is 0.287 e. The molecule has 5 heteroatoms. The molecule has 1 aliphatic rings. The topological polar surface area (TPSA) is 45.5 Å². The van der Waals surface area contributed by atoms with E-state index in [0.717, 1.165) is 27.6 Å². The maximum atomic E-state index is 12.4. The number of furan rings is 1. The van der Waals surface area contributed by atoms with Crippen molar-refractivity contribution in [3.63, 3.8) is 0 Å². The zero-order chi connectivity index (χ0) is 16.4. The summed E-state index contributed by atoms with van der Waals surface area (Å²) in [5, 5.41) is 4.00. The van der Waals surface area contributed by atoms with E-state index < -0.39 is 0 Å². The Balaban J connectivity index is 1.62. The molecule has 4 nitrogen and oxygen atoms in total. The van der Waals surface area contributed by atoms with Crippen LogP contribution in [0.4, 0.5) is 0 Å². The number of likely N-dealkylation sites (tertiary alicyclic amines) is 1. The second-order valence-electron chi connectivity index (χ2n) is 6.52. The molecule has 124 valence electrons. The van der Waals surface area contributed by atoms with Gasteiger partial charge in [0, 0.05) is 28.5 Å². The minimum Gasteiger partial charge on any atom is -0.451 e. The number of hydrogen-bond donors (Lipinski definition) is 1. The Kier molecular flexibility index (Phi) is 5.07. The van der Waals surface area contributed by atoms with Gasteiger partial charge in [0.05, 0.1) is 0 Å². The first-order valence-corrected chi connectivity index (χ1v) is 9.03. The monoisotopic (exact) mass is 378 g/mol. The maximum Gasteiger partial charge on any atom is 0.287 e. The average molecular weight is 379 g/mol. The fraction of sp³-hybridized carbons (Fsp3) is 0.500. The van der Waals surface area contributed by atoms with Crippen molar-refractivity contribution in [1.29, 1.82) is 0 Å². The molecule has 1 aromatic carbocycles. The van der Waals surface area contributed by atoms with Gasteiger partial charge in [0.2, 0.25) is 0 Å². The Morgan fingerprint density at radius 3 is 2.87 bits per heavy atom. The Labute approximate surface area is 145 Å². The van der Waals surface area contributed by atoms with Crippen molar-refractivity contribution in [2.75, 3.05) is 26.2 Å². The van der Waals surface area contributed by atoms with Crippen LogP contribution >= 0.6 is 15.9 Å². The van der Waals surface area contributed by atoms with E-state index in [1.807, 2.05) is 25.1 Å². The molecular weight excluding hydrogens is 356 g/mol. The second kappa shape index (κ2) is 7.05. The summed E-state index contributed by atoms with van der Waals surface area (Å²) in [6, 6.07) is 5.80. The Bertz CT molecular complexity index is 704. The zero-order valence-electron chi connectivity index (χ0n) is 13.7. The van der Waals surface area contributed by atoms with Crippen LogP contribution in [0.5, 0.6) is 0 Å². The molecule has 1 aliphatic heterocycles. The van der Waals surface area contributed by atoms with Gasteiger partial charge in [0.25, 0.3) is 5.91 Å². The lowest BCUT2D eigenvalue weighted by Crippen LogP contribution is -2.34. The highest BCUT2D eigenvalue weighted by atomic mass is 79.9. The van der Waals surface area contributed by atoms with E-state index >= 15 is 0 Å². The van der Waals surface area contributed by atoms with Gasteiger partial charge in [-0.25, -0.2) is 0 Å². The molecular formula is C18H23BrN2O2. The lowest BCUT2D eigenvalue weighted by atomic mass is 10.1. The molecule has 1 atom stereocenters. The van der Waals surface area contributed by atoms with E-state index in [1.165, 1.54) is 25.9 Å². The number of nitrogens with zero attached hydrogens (tertiary/aromatic N) is 1. The molecule has 0 saturated carbocycles. The molecule has 1 amide bonds. The van der Waals surface area contributed by atoms with Crippen LogP contribution in [0.1, 0.15) is 35.9 Å². The predicted octanol–water partition coefficient (Wildman–Crippen LogP) is 3.97. The number of nitrogens with one attached hydrogen (secondary N) is 1. The average Bonchev–Trinajstić information content (AvgIpc) is 3.14. The van der Waals surface area contributed by atoms with Crippen LogP contribution in [0.25, 0.3) is 11.0 Å². The molecule has 1 unspecified atom stereocenters. The van der Waals surface area contributed by atoms with Crippen LogP contribution in [0.3, 0.4) is 0 Å². The van der Waals surface area contributed by atoms with E-state index in [1.54, 1.807) is 0 Å². The number of rotatable bonds is 5. The van der Waals surface area contributed by atoms with E-state index in [-0.39, 0.29) is 5.91 Å². The molecule has 1 saturated heterocycles. The normalized spacial score (nSPS) is 16.8. The molecule has 2 heterocycles. The Hall–Kier alpha value is -1.33. The third-order valence-corrected chi connectivity index (χ3v) is 4.98. The van der Waals surface area contributed by atoms with Gasteiger partial charge >= 0.3 is 0 Å². The fourth-order valence-corrected chi connectivity index (χ4v) is 3.59. The van der Waals surface area contributed by atoms with Crippen molar-refractivity contribution in [3.8, 4) is 0 Å². The molecule has 1 aromatic heterocycles. The first-order chi connectivity index (χ1) is 11.0. The summed E-state index contributed by atoms with van der Waals surface area (Å²) in [5.74, 6) is 0.741. The molecule has 0 spiro atoms. The van der Waals surface area contributed by atoms with Gasteiger partial charge in [0.15, 0.2) is 5.76 Å². The third-order valence-electron chi connectivity index (χ3n) is 4.48. The third kappa shape index (κ3) is 3.78. The summed E-state index contributed by atoms with van der Waals surface area (Å²) >= 11 is 3.46. The van der Waals surface area contributed by atoms with E-state index in [4.69, 9.17) is 4.42 Å². The van der Waals surface area contributed by atoms with E-state index in [9.17, 15) is 4.79 Å². The van der Waals surface area contributed by atoms with Crippen molar-refractivity contribution in [2.24, 2.45) is 5.92 Å². The summed E-state index contributed by atoms with van der Waals surface area (Å²) in [6.45, 7) is 8.22. The van der Waals surface area contributed by atoms with Gasteiger partial charge < -0.3 is 14.6 Å². The zero-order valence-corrected chi connectivity index (χ0v) is 15.3. The van der Waals surface area contributed by atoms with Gasteiger partial charge in [-0.15, -0.1) is 0 Å². The molecule has 3 rings (SSSR count). The van der Waals surface area contributed by atoms with Crippen molar-refractivity contribution in [1.82, 2.24) is 10.2 Å². The highest BCUT2D eigenvalue weighted by Crippen LogP contribution is 2.28. The summed E-state index contributed by atoms with van der Waals surface area (Å²) in [6.07, 6.45) is 2.60.